The fourth-order valence-corrected chi connectivity index (χ4v) is 4.86. The first-order valence-electron chi connectivity index (χ1n) is 13.7. The maximum atomic E-state index is 13.3. The lowest BCUT2D eigenvalue weighted by molar-refractivity contribution is -0.142. The molecule has 0 aliphatic carbocycles. The molecular weight excluding hydrogens is 532 g/mol. The minimum absolute atomic E-state index is 0.0718. The van der Waals surface area contributed by atoms with E-state index in [1.807, 2.05) is 44.4 Å². The molecule has 0 bridgehead atoms. The summed E-state index contributed by atoms with van der Waals surface area (Å²) in [5, 5.41) is 18.8. The van der Waals surface area contributed by atoms with E-state index in [9.17, 15) is 24.3 Å². The number of para-hydroxylation sites is 1. The average molecular weight is 577 g/mol. The number of carbonyl (C=O) groups excluding carboxylic acids is 3. The number of benzene rings is 1. The summed E-state index contributed by atoms with van der Waals surface area (Å²) in [5.74, 6) is -2.08. The van der Waals surface area contributed by atoms with E-state index in [2.05, 4.69) is 20.9 Å². The molecule has 0 saturated heterocycles. The number of unbranched alkanes of at least 4 members (excludes halogenated alkanes) is 1. The Balaban J connectivity index is 2.13. The first-order chi connectivity index (χ1) is 19.1. The van der Waals surface area contributed by atoms with Crippen molar-refractivity contribution >= 4 is 46.4 Å². The molecule has 222 valence electrons. The fraction of sp³-hybridized carbons (Fsp3) is 0.571. The Morgan fingerprint density at radius 3 is 2.25 bits per heavy atom. The number of carboxylic acid groups (broad SMARTS) is 1. The molecule has 3 amide bonds. The van der Waals surface area contributed by atoms with E-state index in [4.69, 9.17) is 11.5 Å². The van der Waals surface area contributed by atoms with Crippen LogP contribution in [0.2, 0.25) is 0 Å². The van der Waals surface area contributed by atoms with Crippen LogP contribution in [0.5, 0.6) is 0 Å². The maximum Gasteiger partial charge on any atom is 0.326 e. The van der Waals surface area contributed by atoms with E-state index in [1.54, 1.807) is 6.20 Å². The van der Waals surface area contributed by atoms with E-state index in [0.717, 1.165) is 22.9 Å². The predicted molar refractivity (Wildman–Crippen MR) is 159 cm³/mol. The summed E-state index contributed by atoms with van der Waals surface area (Å²) in [5.41, 5.74) is 13.2. The van der Waals surface area contributed by atoms with Gasteiger partial charge in [-0.05, 0) is 61.8 Å². The molecule has 0 fully saturated rings. The van der Waals surface area contributed by atoms with Gasteiger partial charge in [0.2, 0.25) is 17.7 Å². The summed E-state index contributed by atoms with van der Waals surface area (Å²) in [7, 11) is 0. The lowest BCUT2D eigenvalue weighted by Gasteiger charge is -2.26. The second-order valence-corrected chi connectivity index (χ2v) is 11.4. The van der Waals surface area contributed by atoms with Crippen molar-refractivity contribution in [3.05, 3.63) is 36.0 Å². The van der Waals surface area contributed by atoms with E-state index in [1.165, 1.54) is 11.8 Å². The number of H-pyrrole nitrogens is 1. The molecule has 0 radical (unpaired) electrons. The molecular formula is C28H44N6O5S. The molecule has 40 heavy (non-hydrogen) atoms. The van der Waals surface area contributed by atoms with E-state index in [-0.39, 0.29) is 12.3 Å². The fourth-order valence-electron chi connectivity index (χ4n) is 4.39. The lowest BCUT2D eigenvalue weighted by atomic mass is 10.0. The Morgan fingerprint density at radius 2 is 1.60 bits per heavy atom. The zero-order valence-electron chi connectivity index (χ0n) is 23.6. The molecule has 9 N–H and O–H groups in total. The van der Waals surface area contributed by atoms with Crippen LogP contribution in [0.25, 0.3) is 10.9 Å². The Hall–Kier alpha value is -3.09. The Labute approximate surface area is 240 Å². The third kappa shape index (κ3) is 10.5. The summed E-state index contributed by atoms with van der Waals surface area (Å²) < 4.78 is 0. The number of hydrogen-bond donors (Lipinski definition) is 7. The van der Waals surface area contributed by atoms with Crippen molar-refractivity contribution < 1.29 is 24.3 Å². The highest BCUT2D eigenvalue weighted by molar-refractivity contribution is 7.98. The summed E-state index contributed by atoms with van der Waals surface area (Å²) in [6.07, 6.45) is 6.23. The molecule has 2 rings (SSSR count). The van der Waals surface area contributed by atoms with Crippen LogP contribution in [-0.4, -0.2) is 76.5 Å². The SMILES string of the molecule is CSCCC(NC(=O)C(CC(C)C)NC(=O)C(N)CCCCN)C(=O)NC(Cc1c[nH]c2ccccc12)C(=O)O. The number of nitrogens with one attached hydrogen (secondary N) is 4. The molecule has 11 nitrogen and oxygen atoms in total. The van der Waals surface area contributed by atoms with Gasteiger partial charge in [0.15, 0.2) is 0 Å². The molecule has 0 aliphatic heterocycles. The molecule has 0 spiro atoms. The van der Waals surface area contributed by atoms with Gasteiger partial charge < -0.3 is 37.5 Å². The van der Waals surface area contributed by atoms with Gasteiger partial charge in [0.05, 0.1) is 6.04 Å². The van der Waals surface area contributed by atoms with Crippen molar-refractivity contribution in [1.29, 1.82) is 0 Å². The minimum atomic E-state index is -1.20. The first kappa shape index (κ1) is 33.1. The Kier molecular flexibility index (Phi) is 14.0. The standard InChI is InChI=1S/C28H44N6O5S/c1-17(2)14-23(33-25(35)20(30)9-6-7-12-29)27(37)32-22(11-13-40-3)26(36)34-24(28(38)39)15-18-16-31-21-10-5-4-8-19(18)21/h4-5,8,10,16-17,20,22-24,31H,6-7,9,11-15,29-30H2,1-3H3,(H,32,37)(H,33,35)(H,34,36)(H,38,39). The van der Waals surface area contributed by atoms with Gasteiger partial charge in [-0.1, -0.05) is 38.5 Å². The molecule has 1 aromatic heterocycles. The number of aromatic amines is 1. The molecule has 4 unspecified atom stereocenters. The van der Waals surface area contributed by atoms with Gasteiger partial charge in [0, 0.05) is 23.5 Å². The summed E-state index contributed by atoms with van der Waals surface area (Å²) in [6.45, 7) is 4.36. The van der Waals surface area contributed by atoms with Crippen LogP contribution < -0.4 is 27.4 Å². The smallest absolute Gasteiger partial charge is 0.326 e. The minimum Gasteiger partial charge on any atom is -0.480 e. The van der Waals surface area contributed by atoms with Gasteiger partial charge in [-0.2, -0.15) is 11.8 Å². The average Bonchev–Trinajstić information content (AvgIpc) is 3.32. The van der Waals surface area contributed by atoms with Crippen molar-refractivity contribution in [2.24, 2.45) is 17.4 Å². The Morgan fingerprint density at radius 1 is 0.950 bits per heavy atom. The third-order valence-electron chi connectivity index (χ3n) is 6.60. The largest absolute Gasteiger partial charge is 0.480 e. The zero-order valence-corrected chi connectivity index (χ0v) is 24.4. The van der Waals surface area contributed by atoms with Gasteiger partial charge in [-0.15, -0.1) is 0 Å². The van der Waals surface area contributed by atoms with Crippen molar-refractivity contribution in [1.82, 2.24) is 20.9 Å². The highest BCUT2D eigenvalue weighted by atomic mass is 32.2. The molecule has 1 heterocycles. The van der Waals surface area contributed by atoms with Crippen LogP contribution in [-0.2, 0) is 25.6 Å². The predicted octanol–water partition coefficient (Wildman–Crippen LogP) is 1.50. The quantitative estimate of drug-likeness (QED) is 0.130. The molecule has 4 atom stereocenters. The van der Waals surface area contributed by atoms with Crippen LogP contribution >= 0.6 is 11.8 Å². The van der Waals surface area contributed by atoms with E-state index >= 15 is 0 Å². The van der Waals surface area contributed by atoms with E-state index < -0.39 is 47.9 Å². The van der Waals surface area contributed by atoms with Crippen molar-refractivity contribution in [2.45, 2.75) is 76.5 Å². The number of carbonyl (C=O) groups is 4. The normalized spacial score (nSPS) is 14.3. The topological polar surface area (TPSA) is 192 Å². The lowest BCUT2D eigenvalue weighted by Crippen LogP contribution is -2.57. The molecule has 0 saturated carbocycles. The van der Waals surface area contributed by atoms with Gasteiger partial charge in [-0.25, -0.2) is 4.79 Å². The number of thioether (sulfide) groups is 1. The number of hydrogen-bond acceptors (Lipinski definition) is 7. The van der Waals surface area contributed by atoms with Crippen LogP contribution in [0.3, 0.4) is 0 Å². The summed E-state index contributed by atoms with van der Waals surface area (Å²) in [6, 6.07) is 3.68. The number of aromatic nitrogens is 1. The van der Waals surface area contributed by atoms with Crippen molar-refractivity contribution in [2.75, 3.05) is 18.6 Å². The van der Waals surface area contributed by atoms with Crippen LogP contribution in [0.15, 0.2) is 30.5 Å². The van der Waals surface area contributed by atoms with Gasteiger partial charge in [-0.3, -0.25) is 14.4 Å². The van der Waals surface area contributed by atoms with Gasteiger partial charge in [0.1, 0.15) is 18.1 Å². The van der Waals surface area contributed by atoms with Crippen molar-refractivity contribution in [3.63, 3.8) is 0 Å². The number of nitrogens with two attached hydrogens (primary N) is 2. The van der Waals surface area contributed by atoms with Crippen LogP contribution in [0, 0.1) is 5.92 Å². The zero-order chi connectivity index (χ0) is 29.7. The van der Waals surface area contributed by atoms with Gasteiger partial charge in [0.25, 0.3) is 0 Å². The summed E-state index contributed by atoms with van der Waals surface area (Å²) >= 11 is 1.50. The number of rotatable bonds is 18. The highest BCUT2D eigenvalue weighted by Gasteiger charge is 2.31. The first-order valence-corrected chi connectivity index (χ1v) is 15.1. The third-order valence-corrected chi connectivity index (χ3v) is 7.25. The Bertz CT molecular complexity index is 1120. The molecule has 2 aromatic rings. The molecule has 0 aliphatic rings. The molecule has 1 aromatic carbocycles. The number of fused-ring (bicyclic) bond motifs is 1. The van der Waals surface area contributed by atoms with Crippen molar-refractivity contribution in [3.8, 4) is 0 Å². The molecule has 12 heteroatoms. The number of carboxylic acids is 1. The summed E-state index contributed by atoms with van der Waals surface area (Å²) in [4.78, 5) is 54.5. The highest BCUT2D eigenvalue weighted by Crippen LogP contribution is 2.19. The monoisotopic (exact) mass is 576 g/mol. The van der Waals surface area contributed by atoms with Gasteiger partial charge >= 0.3 is 5.97 Å². The second-order valence-electron chi connectivity index (χ2n) is 10.4. The maximum absolute atomic E-state index is 13.3. The van der Waals surface area contributed by atoms with Crippen LogP contribution in [0.4, 0.5) is 0 Å². The van der Waals surface area contributed by atoms with E-state index in [0.29, 0.717) is 38.0 Å². The number of amides is 3. The van der Waals surface area contributed by atoms with Crippen LogP contribution in [0.1, 0.15) is 51.5 Å². The number of aliphatic carboxylic acids is 1. The second kappa shape index (κ2) is 16.9.